The molecule has 5 aromatic carbocycles. The van der Waals surface area contributed by atoms with E-state index < -0.39 is 123 Å². The number of carbonyl (C=O) groups excluding carboxylic acids is 2. The first kappa shape index (κ1) is 62.5. The van der Waals surface area contributed by atoms with Crippen LogP contribution in [0, 0.1) is 12.2 Å². The molecule has 2 aromatic heterocycles. The molecule has 84 heavy (non-hydrogen) atoms. The fourth-order valence-electron chi connectivity index (χ4n) is 7.28. The maximum Gasteiger partial charge on any atom is 0.315 e. The number of sulfone groups is 1. The number of amides is 2. The lowest BCUT2D eigenvalue weighted by Crippen LogP contribution is -2.27. The summed E-state index contributed by atoms with van der Waals surface area (Å²) in [5, 5.41) is 31.9. The Morgan fingerprint density at radius 1 is 0.595 bits per heavy atom. The average Bonchev–Trinajstić information content (AvgIpc) is 1.13. The molecule has 7 rings (SSSR count). The zero-order valence-electron chi connectivity index (χ0n) is 42.7. The van der Waals surface area contributed by atoms with Crippen LogP contribution in [0.4, 0.5) is 78.1 Å². The first-order chi connectivity index (χ1) is 39.2. The minimum Gasteiger partial charge on any atom is -0.352 e. The summed E-state index contributed by atoms with van der Waals surface area (Å²) in [6.45, 7) is 5.83. The topological polar surface area (TPSA) is 485 Å². The maximum absolute atomic E-state index is 14.9. The summed E-state index contributed by atoms with van der Waals surface area (Å²) in [5.41, 5.74) is -1.36. The van der Waals surface area contributed by atoms with Gasteiger partial charge in [-0.05, 0) is 80.1 Å². The highest BCUT2D eigenvalue weighted by atomic mass is 32.2. The molecule has 2 amide bonds. The lowest BCUT2D eigenvalue weighted by molar-refractivity contribution is -0.116. The first-order valence-corrected chi connectivity index (χ1v) is 30.7. The fraction of sp³-hybridized carbons (Fsp3) is 0.156. The molecule has 0 spiro atoms. The van der Waals surface area contributed by atoms with Crippen molar-refractivity contribution < 1.29 is 78.7 Å². The molecule has 0 saturated heterocycles. The average molecular weight is 1260 g/mol. The normalized spacial score (nSPS) is 12.7. The number of halogens is 2. The van der Waals surface area contributed by atoms with Gasteiger partial charge in [0.25, 0.3) is 40.5 Å². The highest BCUT2D eigenvalue weighted by molar-refractivity contribution is 7.94. The van der Waals surface area contributed by atoms with E-state index in [1.807, 2.05) is 0 Å². The molecule has 10 N–H and O–H groups in total. The minimum absolute atomic E-state index is 0.0350. The van der Waals surface area contributed by atoms with Crippen LogP contribution < -0.4 is 31.9 Å². The number of hydrogen-bond acceptors (Lipinski definition) is 26. The van der Waals surface area contributed by atoms with Gasteiger partial charge >= 0.3 is 12.2 Å². The Morgan fingerprint density at radius 3 is 1.68 bits per heavy atom. The van der Waals surface area contributed by atoms with E-state index in [0.29, 0.717) is 6.07 Å². The molecule has 0 fully saturated rings. The molecule has 1 atom stereocenters. The predicted octanol–water partition coefficient (Wildman–Crippen LogP) is 6.94. The smallest absolute Gasteiger partial charge is 0.315 e. The molecular weight excluding hydrogens is 1220 g/mol. The number of anilines is 8. The van der Waals surface area contributed by atoms with Crippen LogP contribution >= 0.6 is 0 Å². The number of aromatic nitrogens is 6. The van der Waals surface area contributed by atoms with E-state index in [1.165, 1.54) is 42.5 Å². The minimum atomic E-state index is -5.17. The van der Waals surface area contributed by atoms with Gasteiger partial charge in [-0.3, -0.25) is 27.8 Å². The molecule has 0 radical (unpaired) electrons. The Labute approximate surface area is 474 Å². The second-order valence-corrected chi connectivity index (χ2v) is 24.8. The first-order valence-electron chi connectivity index (χ1n) is 23.3. The third-order valence-electron chi connectivity index (χ3n) is 10.9. The standard InChI is InChI=1S/C45H42F2N16O16S5/c1-4-80(66,67)18-6-9-38(65)53-35-20-26(11-15-31(35)60-62-32-16-12-27(81(68,69)70)21-37(32)83(74,75)76)51-44-56-40(46)54-42(58-44)48-22-23(2)49-43-55-41(47)57-45(59-43)52-25-10-14-30(34(19-25)50-24(3)64)61-63-33-17-13-28-29(39(33)84(77,78)79)7-5-8-36(28)82(71,72)73/h4-5,7-8,10-17,19-21,23H,1,6,9,18,22H2,2-3H3,(H,50,64)(H,53,65)(H,68,69,70)(H,71,72,73)(H,74,75,76)(H,77,78,79)(H2,48,51,54,56,58)(H2,49,52,55,57,59). The lowest BCUT2D eigenvalue weighted by atomic mass is 10.1. The van der Waals surface area contributed by atoms with Gasteiger partial charge in [0.1, 0.15) is 37.4 Å². The molecule has 32 nitrogen and oxygen atoms in total. The second kappa shape index (κ2) is 25.2. The Hall–Kier alpha value is -9.09. The fourth-order valence-corrected chi connectivity index (χ4v) is 10.8. The molecule has 0 aliphatic heterocycles. The number of nitrogens with zero attached hydrogens (tertiary/aromatic N) is 10. The van der Waals surface area contributed by atoms with Gasteiger partial charge in [0, 0.05) is 53.5 Å². The highest BCUT2D eigenvalue weighted by Gasteiger charge is 2.25. The van der Waals surface area contributed by atoms with Gasteiger partial charge in [-0.15, -0.1) is 20.5 Å². The maximum atomic E-state index is 14.9. The van der Waals surface area contributed by atoms with Gasteiger partial charge in [0.05, 0.1) is 22.0 Å². The molecule has 0 aliphatic carbocycles. The summed E-state index contributed by atoms with van der Waals surface area (Å²) >= 11 is 0. The number of azo groups is 2. The van der Waals surface area contributed by atoms with E-state index in [9.17, 15) is 78.7 Å². The number of rotatable bonds is 24. The monoisotopic (exact) mass is 1260 g/mol. The Balaban J connectivity index is 1.06. The van der Waals surface area contributed by atoms with Gasteiger partial charge in [-0.1, -0.05) is 24.8 Å². The Bertz CT molecular complexity index is 4450. The van der Waals surface area contributed by atoms with E-state index in [2.05, 4.69) is 88.8 Å². The molecular formula is C45H42F2N16O16S5. The van der Waals surface area contributed by atoms with Gasteiger partial charge in [0.2, 0.25) is 35.6 Å². The molecule has 0 bridgehead atoms. The molecule has 2 heterocycles. The van der Waals surface area contributed by atoms with Crippen LogP contribution in [0.3, 0.4) is 0 Å². The van der Waals surface area contributed by atoms with Crippen LogP contribution in [-0.4, -0.2) is 120 Å². The highest BCUT2D eigenvalue weighted by Crippen LogP contribution is 2.38. The zero-order chi connectivity index (χ0) is 61.5. The van der Waals surface area contributed by atoms with E-state index in [0.717, 1.165) is 48.7 Å². The van der Waals surface area contributed by atoms with E-state index in [1.54, 1.807) is 6.92 Å². The third kappa shape index (κ3) is 16.8. The van der Waals surface area contributed by atoms with Crippen molar-refractivity contribution in [3.8, 4) is 0 Å². The van der Waals surface area contributed by atoms with Crippen molar-refractivity contribution in [1.82, 2.24) is 29.9 Å². The van der Waals surface area contributed by atoms with Crippen LogP contribution in [-0.2, 0) is 59.9 Å². The van der Waals surface area contributed by atoms with E-state index in [4.69, 9.17) is 0 Å². The largest absolute Gasteiger partial charge is 0.352 e. The number of nitrogens with one attached hydrogen (secondary N) is 6. The predicted molar refractivity (Wildman–Crippen MR) is 295 cm³/mol. The van der Waals surface area contributed by atoms with Gasteiger partial charge in [0.15, 0.2) is 9.84 Å². The van der Waals surface area contributed by atoms with Crippen LogP contribution in [0.1, 0.15) is 26.7 Å². The quantitative estimate of drug-likeness (QED) is 0.0216. The summed E-state index contributed by atoms with van der Waals surface area (Å²) < 4.78 is 189. The van der Waals surface area contributed by atoms with Crippen molar-refractivity contribution in [2.45, 2.75) is 52.3 Å². The van der Waals surface area contributed by atoms with Crippen molar-refractivity contribution in [1.29, 1.82) is 0 Å². The van der Waals surface area contributed by atoms with Gasteiger partial charge < -0.3 is 31.9 Å². The van der Waals surface area contributed by atoms with Crippen LogP contribution in [0.5, 0.6) is 0 Å². The number of benzene rings is 5. The molecule has 39 heteroatoms. The summed E-state index contributed by atoms with van der Waals surface area (Å²) in [6.07, 6.45) is -3.05. The molecule has 7 aromatic rings. The SMILES string of the molecule is C=CS(=O)(=O)CCCC(=O)Nc1cc(Nc2nc(F)nc(NCC(C)Nc3nc(F)nc(Nc4ccc(N=Nc5ccc6c(S(=O)(=O)O)cccc6c5S(=O)(=O)O)c(NC(C)=O)c4)n3)n2)ccc1N=Nc1ccc(S(=O)(=O)O)cc1S(=O)(=O)O. The van der Waals surface area contributed by atoms with Crippen molar-refractivity contribution in [2.24, 2.45) is 20.5 Å². The molecule has 442 valence electrons. The van der Waals surface area contributed by atoms with Crippen molar-refractivity contribution >= 4 is 142 Å². The summed E-state index contributed by atoms with van der Waals surface area (Å²) in [4.78, 5) is 44.6. The van der Waals surface area contributed by atoms with Crippen molar-refractivity contribution in [2.75, 3.05) is 44.2 Å². The zero-order valence-corrected chi connectivity index (χ0v) is 46.8. The third-order valence-corrected chi connectivity index (χ3v) is 15.8. The summed E-state index contributed by atoms with van der Waals surface area (Å²) in [5.74, 6) is -3.20. The van der Waals surface area contributed by atoms with Crippen molar-refractivity contribution in [3.05, 3.63) is 109 Å². The van der Waals surface area contributed by atoms with E-state index in [-0.39, 0.29) is 82.1 Å². The second-order valence-electron chi connectivity index (χ2n) is 17.2. The number of fused-ring (bicyclic) bond motifs is 1. The Kier molecular flexibility index (Phi) is 18.7. The number of hydrogen-bond donors (Lipinski definition) is 10. The molecule has 0 saturated carbocycles. The van der Waals surface area contributed by atoms with E-state index >= 15 is 0 Å². The van der Waals surface area contributed by atoms with Crippen LogP contribution in [0.25, 0.3) is 10.8 Å². The molecule has 1 unspecified atom stereocenters. The summed E-state index contributed by atoms with van der Waals surface area (Å²) in [7, 11) is -23.7. The Morgan fingerprint density at radius 2 is 1.12 bits per heavy atom. The molecule has 0 aliphatic rings. The van der Waals surface area contributed by atoms with Gasteiger partial charge in [-0.2, -0.15) is 72.4 Å². The van der Waals surface area contributed by atoms with Crippen LogP contribution in [0.2, 0.25) is 0 Å². The van der Waals surface area contributed by atoms with Crippen molar-refractivity contribution in [3.63, 3.8) is 0 Å². The number of carbonyl (C=O) groups is 2. The van der Waals surface area contributed by atoms with Crippen LogP contribution in [0.15, 0.2) is 137 Å². The van der Waals surface area contributed by atoms with Gasteiger partial charge in [-0.25, -0.2) is 8.42 Å². The summed E-state index contributed by atoms with van der Waals surface area (Å²) in [6, 6.07) is 14.5. The lowest BCUT2D eigenvalue weighted by Gasteiger charge is -2.16.